The number of aromatic nitrogens is 1. The van der Waals surface area contributed by atoms with E-state index in [4.69, 9.17) is 19.9 Å². The molecule has 2 N–H and O–H groups in total. The lowest BCUT2D eigenvalue weighted by Crippen LogP contribution is -2.27. The number of carbonyl (C=O) groups is 1. The van der Waals surface area contributed by atoms with Crippen molar-refractivity contribution in [2.45, 2.75) is 44.7 Å². The van der Waals surface area contributed by atoms with Gasteiger partial charge in [0.15, 0.2) is 0 Å². The number of allylic oxidation sites excluding steroid dienone is 1. The van der Waals surface area contributed by atoms with E-state index in [1.54, 1.807) is 19.1 Å². The minimum absolute atomic E-state index is 0.0941. The number of hydrogen-bond acceptors (Lipinski definition) is 9. The molecule has 0 unspecified atom stereocenters. The molecule has 0 saturated heterocycles. The van der Waals surface area contributed by atoms with E-state index in [1.165, 1.54) is 11.8 Å². The van der Waals surface area contributed by atoms with Crippen molar-refractivity contribution in [3.05, 3.63) is 111 Å². The summed E-state index contributed by atoms with van der Waals surface area (Å²) in [4.78, 5) is 18.1. The van der Waals surface area contributed by atoms with E-state index >= 15 is 0 Å². The maximum atomic E-state index is 13.4. The summed E-state index contributed by atoms with van der Waals surface area (Å²) in [7, 11) is 0. The van der Waals surface area contributed by atoms with Gasteiger partial charge in [0.25, 0.3) is 0 Å². The molecule has 1 aromatic heterocycles. The predicted octanol–water partition coefficient (Wildman–Crippen LogP) is 5.82. The predicted molar refractivity (Wildman–Crippen MR) is 155 cm³/mol. The fraction of sp³-hybridized carbons (Fsp3) is 0.250. The van der Waals surface area contributed by atoms with Crippen molar-refractivity contribution in [2.24, 2.45) is 5.73 Å². The summed E-state index contributed by atoms with van der Waals surface area (Å²) in [6.45, 7) is 6.12. The van der Waals surface area contributed by atoms with Crippen LogP contribution in [0.5, 0.6) is 5.75 Å². The number of nitrogens with two attached hydrogens (primary N) is 1. The molecule has 8 nitrogen and oxygen atoms in total. The van der Waals surface area contributed by atoms with Gasteiger partial charge in [0.2, 0.25) is 5.88 Å². The third-order valence-electron chi connectivity index (χ3n) is 6.51. The molecule has 1 aliphatic heterocycles. The van der Waals surface area contributed by atoms with Crippen molar-refractivity contribution >= 4 is 17.7 Å². The Morgan fingerprint density at radius 1 is 1.10 bits per heavy atom. The lowest BCUT2D eigenvalue weighted by atomic mass is 9.83. The number of carbonyl (C=O) groups excluding carboxylic acids is 1. The lowest BCUT2D eigenvalue weighted by molar-refractivity contribution is -0.139. The monoisotopic (exact) mass is 566 g/mol. The van der Waals surface area contributed by atoms with Crippen LogP contribution in [-0.2, 0) is 27.3 Å². The van der Waals surface area contributed by atoms with Gasteiger partial charge < -0.3 is 19.9 Å². The third kappa shape index (κ3) is 6.71. The minimum atomic E-state index is -0.837. The van der Waals surface area contributed by atoms with Crippen LogP contribution in [0.25, 0.3) is 0 Å². The number of pyridine rings is 1. The van der Waals surface area contributed by atoms with Crippen LogP contribution >= 0.6 is 11.8 Å². The zero-order valence-electron chi connectivity index (χ0n) is 23.1. The fourth-order valence-electron chi connectivity index (χ4n) is 4.53. The Bertz CT molecular complexity index is 1590. The summed E-state index contributed by atoms with van der Waals surface area (Å²) < 4.78 is 17.3. The van der Waals surface area contributed by atoms with Crippen molar-refractivity contribution in [2.75, 3.05) is 12.4 Å². The first-order valence-corrected chi connectivity index (χ1v) is 14.2. The van der Waals surface area contributed by atoms with E-state index in [2.05, 4.69) is 17.1 Å². The summed E-state index contributed by atoms with van der Waals surface area (Å²) >= 11 is 1.26. The van der Waals surface area contributed by atoms with Crippen molar-refractivity contribution < 1.29 is 19.0 Å². The molecule has 1 aliphatic rings. The van der Waals surface area contributed by atoms with E-state index in [0.29, 0.717) is 34.9 Å². The summed E-state index contributed by atoms with van der Waals surface area (Å²) in [6.07, 6.45) is 0.713. The second kappa shape index (κ2) is 13.6. The second-order valence-electron chi connectivity index (χ2n) is 9.19. The molecule has 0 fully saturated rings. The molecule has 2 aromatic carbocycles. The molecule has 4 rings (SSSR count). The average molecular weight is 567 g/mol. The molecule has 208 valence electrons. The SMILES string of the molecule is CCOC(=O)C1=C(CSc2nc(CC)c(C)cc2C#N)OC(N)=C(C#N)[C@H]1c1cccc(OCc2ccccc2)c1. The van der Waals surface area contributed by atoms with Gasteiger partial charge in [-0.15, -0.1) is 0 Å². The van der Waals surface area contributed by atoms with Gasteiger partial charge in [-0.3, -0.25) is 0 Å². The van der Waals surface area contributed by atoms with Crippen molar-refractivity contribution in [3.8, 4) is 17.9 Å². The number of rotatable bonds is 10. The Balaban J connectivity index is 1.73. The van der Waals surface area contributed by atoms with Gasteiger partial charge in [0, 0.05) is 5.69 Å². The summed E-state index contributed by atoms with van der Waals surface area (Å²) in [5.74, 6) is -0.588. The van der Waals surface area contributed by atoms with Crippen molar-refractivity contribution in [3.63, 3.8) is 0 Å². The molecule has 2 heterocycles. The smallest absolute Gasteiger partial charge is 0.338 e. The Kier molecular flexibility index (Phi) is 9.68. The molecule has 1 atom stereocenters. The molecule has 9 heteroatoms. The molecule has 0 saturated carbocycles. The number of nitrogens with zero attached hydrogens (tertiary/aromatic N) is 3. The van der Waals surface area contributed by atoms with E-state index in [1.807, 2.05) is 62.4 Å². The van der Waals surface area contributed by atoms with Crippen LogP contribution in [-0.4, -0.2) is 23.3 Å². The average Bonchev–Trinajstić information content (AvgIpc) is 2.99. The highest BCUT2D eigenvalue weighted by molar-refractivity contribution is 7.99. The standard InChI is InChI=1S/C32H30N4O4S/c1-4-26-20(3)14-23(16-33)31(36-26)41-19-27-29(32(37)38-5-2)28(25(17-34)30(35)40-27)22-12-9-13-24(15-22)39-18-21-10-7-6-8-11-21/h6-15,28H,4-5,18-19,35H2,1-3H3/t28-/m1/s1. The number of nitriles is 2. The maximum Gasteiger partial charge on any atom is 0.338 e. The highest BCUT2D eigenvalue weighted by Crippen LogP contribution is 2.42. The molecule has 41 heavy (non-hydrogen) atoms. The molecule has 0 bridgehead atoms. The molecular formula is C32H30N4O4S. The van der Waals surface area contributed by atoms with E-state index in [0.717, 1.165) is 16.8 Å². The summed E-state index contributed by atoms with van der Waals surface area (Å²) in [6, 6.07) is 23.1. The van der Waals surface area contributed by atoms with E-state index in [9.17, 15) is 15.3 Å². The van der Waals surface area contributed by atoms with Crippen LogP contribution in [0, 0.1) is 29.6 Å². The summed E-state index contributed by atoms with van der Waals surface area (Å²) in [5.41, 5.74) is 10.4. The van der Waals surface area contributed by atoms with Gasteiger partial charge in [-0.2, -0.15) is 10.5 Å². The second-order valence-corrected chi connectivity index (χ2v) is 10.2. The van der Waals surface area contributed by atoms with Crippen LogP contribution in [0.2, 0.25) is 0 Å². The molecule has 0 radical (unpaired) electrons. The van der Waals surface area contributed by atoms with Gasteiger partial charge in [0.05, 0.1) is 29.4 Å². The van der Waals surface area contributed by atoms with Crippen LogP contribution in [0.3, 0.4) is 0 Å². The van der Waals surface area contributed by atoms with Crippen LogP contribution < -0.4 is 10.5 Å². The molecule has 0 amide bonds. The number of thioether (sulfide) groups is 1. The Morgan fingerprint density at radius 2 is 1.88 bits per heavy atom. The van der Waals surface area contributed by atoms with Crippen LogP contribution in [0.4, 0.5) is 0 Å². The molecular weight excluding hydrogens is 536 g/mol. The Hall–Kier alpha value is -4.73. The zero-order chi connectivity index (χ0) is 29.4. The third-order valence-corrected chi connectivity index (χ3v) is 7.50. The first kappa shape index (κ1) is 29.3. The lowest BCUT2D eigenvalue weighted by Gasteiger charge is -2.28. The first-order valence-electron chi connectivity index (χ1n) is 13.2. The zero-order valence-corrected chi connectivity index (χ0v) is 24.0. The van der Waals surface area contributed by atoms with Gasteiger partial charge in [0.1, 0.15) is 40.9 Å². The Labute approximate surface area is 244 Å². The quantitative estimate of drug-likeness (QED) is 0.238. The molecule has 0 spiro atoms. The largest absolute Gasteiger partial charge is 0.489 e. The van der Waals surface area contributed by atoms with Crippen molar-refractivity contribution in [1.82, 2.24) is 4.98 Å². The van der Waals surface area contributed by atoms with Crippen molar-refractivity contribution in [1.29, 1.82) is 10.5 Å². The number of esters is 1. The van der Waals surface area contributed by atoms with Crippen LogP contribution in [0.15, 0.2) is 88.5 Å². The highest BCUT2D eigenvalue weighted by atomic mass is 32.2. The number of aryl methyl sites for hydroxylation is 2. The first-order chi connectivity index (χ1) is 19.9. The van der Waals surface area contributed by atoms with Gasteiger partial charge in [-0.1, -0.05) is 61.2 Å². The van der Waals surface area contributed by atoms with Gasteiger partial charge in [-0.05, 0) is 55.2 Å². The fourth-order valence-corrected chi connectivity index (χ4v) is 5.45. The van der Waals surface area contributed by atoms with Gasteiger partial charge >= 0.3 is 5.97 Å². The topological polar surface area (TPSA) is 131 Å². The minimum Gasteiger partial charge on any atom is -0.489 e. The number of hydrogen-bond donors (Lipinski definition) is 1. The normalized spacial score (nSPS) is 14.6. The van der Waals surface area contributed by atoms with Gasteiger partial charge in [-0.25, -0.2) is 9.78 Å². The molecule has 3 aromatic rings. The van der Waals surface area contributed by atoms with Crippen LogP contribution in [0.1, 0.15) is 47.7 Å². The number of benzene rings is 2. The van der Waals surface area contributed by atoms with E-state index < -0.39 is 11.9 Å². The summed E-state index contributed by atoms with van der Waals surface area (Å²) in [5, 5.41) is 20.3. The highest BCUT2D eigenvalue weighted by Gasteiger charge is 2.38. The Morgan fingerprint density at radius 3 is 2.56 bits per heavy atom. The van der Waals surface area contributed by atoms with E-state index in [-0.39, 0.29) is 35.1 Å². The molecule has 0 aliphatic carbocycles. The number of ether oxygens (including phenoxy) is 3. The maximum absolute atomic E-state index is 13.4.